The first kappa shape index (κ1) is 37.0. The molecule has 67 heavy (non-hydrogen) atoms. The van der Waals surface area contributed by atoms with E-state index in [1.807, 2.05) is 11.3 Å². The van der Waals surface area contributed by atoms with Crippen LogP contribution in [0.2, 0.25) is 0 Å². The Hall–Kier alpha value is -8.32. The Morgan fingerprint density at radius 1 is 0.403 bits per heavy atom. The molecule has 0 bridgehead atoms. The molecule has 0 aliphatic carbocycles. The number of ether oxygens (including phenoxy) is 2. The summed E-state index contributed by atoms with van der Waals surface area (Å²) in [6.07, 6.45) is 0. The lowest BCUT2D eigenvalue weighted by Crippen LogP contribution is -2.57. The van der Waals surface area contributed by atoms with Gasteiger partial charge in [0.15, 0.2) is 0 Å². The van der Waals surface area contributed by atoms with E-state index in [0.717, 1.165) is 78.4 Å². The maximum Gasteiger partial charge on any atom is 0.260 e. The van der Waals surface area contributed by atoms with Crippen molar-refractivity contribution in [3.05, 3.63) is 212 Å². The molecule has 0 N–H and O–H groups in total. The zero-order chi connectivity index (χ0) is 43.9. The maximum atomic E-state index is 7.30. The first-order chi connectivity index (χ1) is 33.1. The standard InChI is InChI=1S/C61H37BN2O2S/c1-36-30-47-45-27-24-39(37-14-4-2-5-15-37)31-52(45)64(60(47)61-58(36)46-20-10-13-23-57(46)67-61)41-26-29-49-54(33-41)66-56-35-42(63-50-21-11-8-18-43(50)44-19-9-12-22-51(44)63)34-55-59(56)62(49)48-28-25-40(32-53(48)65-55)38-16-6-3-7-17-38/h2-35H,1H3. The van der Waals surface area contributed by atoms with Crippen molar-refractivity contribution in [2.24, 2.45) is 0 Å². The molecule has 0 spiro atoms. The van der Waals surface area contributed by atoms with Crippen molar-refractivity contribution in [1.29, 1.82) is 0 Å². The topological polar surface area (TPSA) is 28.3 Å². The minimum atomic E-state index is -0.108. The minimum Gasteiger partial charge on any atom is -0.458 e. The van der Waals surface area contributed by atoms with Crippen LogP contribution in [0.3, 0.4) is 0 Å². The summed E-state index contributed by atoms with van der Waals surface area (Å²) in [6.45, 7) is 2.16. The smallest absolute Gasteiger partial charge is 0.260 e. The molecule has 312 valence electrons. The van der Waals surface area contributed by atoms with Crippen molar-refractivity contribution in [2.45, 2.75) is 6.92 Å². The quantitative estimate of drug-likeness (QED) is 0.165. The van der Waals surface area contributed by atoms with Gasteiger partial charge < -0.3 is 18.6 Å². The summed E-state index contributed by atoms with van der Waals surface area (Å²) in [6, 6.07) is 74.9. The molecule has 3 aromatic heterocycles. The molecule has 10 aromatic carbocycles. The summed E-state index contributed by atoms with van der Waals surface area (Å²) in [4.78, 5) is 0. The summed E-state index contributed by atoms with van der Waals surface area (Å²) in [5, 5.41) is 7.53. The molecule has 0 unspecified atom stereocenters. The summed E-state index contributed by atoms with van der Waals surface area (Å²) in [5.41, 5.74) is 15.9. The van der Waals surface area contributed by atoms with E-state index in [9.17, 15) is 0 Å². The Bertz CT molecular complexity index is 4190. The van der Waals surface area contributed by atoms with Crippen LogP contribution in [-0.2, 0) is 0 Å². The molecule has 0 radical (unpaired) electrons. The molecule has 0 saturated carbocycles. The van der Waals surface area contributed by atoms with Crippen molar-refractivity contribution in [3.8, 4) is 56.6 Å². The van der Waals surface area contributed by atoms with Crippen molar-refractivity contribution >= 4 is 98.2 Å². The average Bonchev–Trinajstić information content (AvgIpc) is 4.04. The highest BCUT2D eigenvalue weighted by Gasteiger charge is 2.41. The van der Waals surface area contributed by atoms with Crippen molar-refractivity contribution < 1.29 is 9.47 Å². The van der Waals surface area contributed by atoms with Crippen LogP contribution < -0.4 is 25.9 Å². The van der Waals surface area contributed by atoms with Crippen LogP contribution in [0.5, 0.6) is 23.0 Å². The zero-order valence-electron chi connectivity index (χ0n) is 36.3. The van der Waals surface area contributed by atoms with E-state index in [-0.39, 0.29) is 6.71 Å². The second-order valence-corrected chi connectivity index (χ2v) is 19.1. The third kappa shape index (κ3) is 5.30. The van der Waals surface area contributed by atoms with Gasteiger partial charge in [-0.05, 0) is 88.1 Å². The second-order valence-electron chi connectivity index (χ2n) is 18.0. The van der Waals surface area contributed by atoms with Crippen LogP contribution in [-0.4, -0.2) is 15.8 Å². The van der Waals surface area contributed by atoms with Crippen LogP contribution in [0, 0.1) is 6.92 Å². The molecule has 6 heteroatoms. The summed E-state index contributed by atoms with van der Waals surface area (Å²) >= 11 is 1.89. The molecule has 2 aliphatic rings. The predicted molar refractivity (Wildman–Crippen MR) is 281 cm³/mol. The first-order valence-electron chi connectivity index (χ1n) is 22.9. The molecule has 0 atom stereocenters. The molecule has 0 amide bonds. The lowest BCUT2D eigenvalue weighted by Gasteiger charge is -2.34. The Labute approximate surface area is 390 Å². The molecular weight excluding hydrogens is 836 g/mol. The van der Waals surface area contributed by atoms with Gasteiger partial charge in [-0.2, -0.15) is 0 Å². The summed E-state index contributed by atoms with van der Waals surface area (Å²) < 4.78 is 21.8. The fourth-order valence-corrected chi connectivity index (χ4v) is 12.7. The summed E-state index contributed by atoms with van der Waals surface area (Å²) in [7, 11) is 0. The van der Waals surface area contributed by atoms with Crippen molar-refractivity contribution in [1.82, 2.24) is 9.13 Å². The number of hydrogen-bond acceptors (Lipinski definition) is 3. The highest BCUT2D eigenvalue weighted by molar-refractivity contribution is 7.26. The van der Waals surface area contributed by atoms with E-state index in [0.29, 0.717) is 0 Å². The SMILES string of the molecule is Cc1cc2c3ccc(-c4ccccc4)cc3n(-c3ccc4c(c3)Oc3cc(-n5c6ccccc6c6ccccc65)cc5c3B4c3ccc(-c4ccccc4)cc3O5)c2c2sc3ccccc3c12. The van der Waals surface area contributed by atoms with E-state index < -0.39 is 0 Å². The number of aryl methyl sites for hydroxylation is 1. The van der Waals surface area contributed by atoms with Gasteiger partial charge in [0.05, 0.1) is 32.5 Å². The third-order valence-electron chi connectivity index (χ3n) is 14.3. The number of para-hydroxylation sites is 2. The molecule has 13 aromatic rings. The van der Waals surface area contributed by atoms with Gasteiger partial charge in [0.1, 0.15) is 23.0 Å². The van der Waals surface area contributed by atoms with E-state index in [4.69, 9.17) is 9.47 Å². The van der Waals surface area contributed by atoms with Crippen LogP contribution in [0.25, 0.3) is 97.4 Å². The lowest BCUT2D eigenvalue weighted by molar-refractivity contribution is 0.464. The predicted octanol–water partition coefficient (Wildman–Crippen LogP) is 14.6. The monoisotopic (exact) mass is 872 g/mol. The van der Waals surface area contributed by atoms with E-state index in [2.05, 4.69) is 222 Å². The van der Waals surface area contributed by atoms with Crippen LogP contribution in [0.15, 0.2) is 206 Å². The van der Waals surface area contributed by atoms with Gasteiger partial charge in [-0.25, -0.2) is 0 Å². The van der Waals surface area contributed by atoms with Crippen LogP contribution in [0.1, 0.15) is 5.56 Å². The Morgan fingerprint density at radius 3 is 1.66 bits per heavy atom. The first-order valence-corrected chi connectivity index (χ1v) is 23.7. The zero-order valence-corrected chi connectivity index (χ0v) is 37.1. The second kappa shape index (κ2) is 13.8. The van der Waals surface area contributed by atoms with Gasteiger partial charge in [-0.3, -0.25) is 0 Å². The van der Waals surface area contributed by atoms with Gasteiger partial charge in [-0.15, -0.1) is 11.3 Å². The molecule has 0 fully saturated rings. The highest BCUT2D eigenvalue weighted by Crippen LogP contribution is 2.47. The molecule has 15 rings (SSSR count). The minimum absolute atomic E-state index is 0.108. The highest BCUT2D eigenvalue weighted by atomic mass is 32.1. The van der Waals surface area contributed by atoms with E-state index in [1.54, 1.807) is 0 Å². The molecular formula is C61H37BN2O2S. The molecule has 4 nitrogen and oxygen atoms in total. The molecule has 5 heterocycles. The molecule has 2 aliphatic heterocycles. The maximum absolute atomic E-state index is 7.30. The number of thiophene rings is 1. The Kier molecular flexibility index (Phi) is 7.64. The number of fused-ring (bicyclic) bond motifs is 14. The van der Waals surface area contributed by atoms with Gasteiger partial charge >= 0.3 is 0 Å². The number of benzene rings is 10. The van der Waals surface area contributed by atoms with E-state index >= 15 is 0 Å². The number of rotatable bonds is 4. The Morgan fingerprint density at radius 2 is 0.955 bits per heavy atom. The van der Waals surface area contributed by atoms with Gasteiger partial charge in [0.2, 0.25) is 0 Å². The van der Waals surface area contributed by atoms with E-state index in [1.165, 1.54) is 63.9 Å². The van der Waals surface area contributed by atoms with Gasteiger partial charge in [0, 0.05) is 66.4 Å². The van der Waals surface area contributed by atoms with Gasteiger partial charge in [-0.1, -0.05) is 146 Å². The Balaban J connectivity index is 0.992. The normalized spacial score (nSPS) is 12.8. The molecule has 0 saturated heterocycles. The van der Waals surface area contributed by atoms with Gasteiger partial charge in [0.25, 0.3) is 6.71 Å². The number of hydrogen-bond donors (Lipinski definition) is 0. The average molecular weight is 873 g/mol. The number of aromatic nitrogens is 2. The fourth-order valence-electron chi connectivity index (χ4n) is 11.4. The van der Waals surface area contributed by atoms with Crippen molar-refractivity contribution in [2.75, 3.05) is 0 Å². The lowest BCUT2D eigenvalue weighted by atomic mass is 9.35. The van der Waals surface area contributed by atoms with Crippen molar-refractivity contribution in [3.63, 3.8) is 0 Å². The van der Waals surface area contributed by atoms with Crippen LogP contribution >= 0.6 is 11.3 Å². The fraction of sp³-hybridized carbons (Fsp3) is 0.0164. The largest absolute Gasteiger partial charge is 0.458 e. The third-order valence-corrected chi connectivity index (χ3v) is 15.5. The summed E-state index contributed by atoms with van der Waals surface area (Å²) in [5.74, 6) is 3.32. The number of nitrogens with zero attached hydrogens (tertiary/aromatic N) is 2. The van der Waals surface area contributed by atoms with Crippen LogP contribution in [0.4, 0.5) is 0 Å².